The Hall–Kier alpha value is -3.19. The number of nitrogens with one attached hydrogen (secondary N) is 1. The summed E-state index contributed by atoms with van der Waals surface area (Å²) in [7, 11) is 1.49. The van der Waals surface area contributed by atoms with Gasteiger partial charge in [0.1, 0.15) is 5.56 Å². The lowest BCUT2D eigenvalue weighted by Crippen LogP contribution is -2.13. The van der Waals surface area contributed by atoms with Crippen molar-refractivity contribution in [3.8, 4) is 17.1 Å². The first-order valence-electron chi connectivity index (χ1n) is 7.57. The van der Waals surface area contributed by atoms with Crippen molar-refractivity contribution in [2.24, 2.45) is 0 Å². The second-order valence-corrected chi connectivity index (χ2v) is 6.18. The summed E-state index contributed by atoms with van der Waals surface area (Å²) >= 11 is 1.59. The van der Waals surface area contributed by atoms with Gasteiger partial charge in [0.15, 0.2) is 4.96 Å². The molecule has 1 N–H and O–H groups in total. The maximum Gasteiger partial charge on any atom is 0.261 e. The smallest absolute Gasteiger partial charge is 0.261 e. The number of fused-ring (bicyclic) bond motifs is 1. The zero-order valence-electron chi connectivity index (χ0n) is 13.3. The summed E-state index contributed by atoms with van der Waals surface area (Å²) in [4.78, 5) is 22.0. The predicted octanol–water partition coefficient (Wildman–Crippen LogP) is 3.72. The number of hydrogen-bond acceptors (Lipinski definition) is 5. The van der Waals surface area contributed by atoms with Gasteiger partial charge < -0.3 is 10.1 Å². The zero-order valence-corrected chi connectivity index (χ0v) is 14.2. The monoisotopic (exact) mass is 350 g/mol. The second-order valence-electron chi connectivity index (χ2n) is 5.31. The van der Waals surface area contributed by atoms with E-state index in [1.165, 1.54) is 7.11 Å². The van der Waals surface area contributed by atoms with Crippen molar-refractivity contribution in [3.63, 3.8) is 0 Å². The van der Waals surface area contributed by atoms with Gasteiger partial charge in [-0.05, 0) is 24.3 Å². The van der Waals surface area contributed by atoms with Gasteiger partial charge in [-0.15, -0.1) is 11.3 Å². The number of methoxy groups -OCH3 is 1. The van der Waals surface area contributed by atoms with Crippen LogP contribution in [0.25, 0.3) is 16.2 Å². The van der Waals surface area contributed by atoms with E-state index in [1.807, 2.05) is 46.4 Å². The fourth-order valence-corrected chi connectivity index (χ4v) is 3.22. The summed E-state index contributed by atoms with van der Waals surface area (Å²) in [5.74, 6) is 0.0370. The molecule has 1 aromatic carbocycles. The van der Waals surface area contributed by atoms with E-state index >= 15 is 0 Å². The molecule has 0 spiro atoms. The van der Waals surface area contributed by atoms with E-state index in [9.17, 15) is 4.79 Å². The van der Waals surface area contributed by atoms with Gasteiger partial charge in [-0.3, -0.25) is 9.20 Å². The van der Waals surface area contributed by atoms with Crippen LogP contribution in [0, 0.1) is 0 Å². The average Bonchev–Trinajstić information content (AvgIpc) is 3.24. The number of carbonyl (C=O) groups excluding carboxylic acids is 1. The topological polar surface area (TPSA) is 68.5 Å². The third kappa shape index (κ3) is 2.97. The largest absolute Gasteiger partial charge is 0.480 e. The fraction of sp³-hybridized carbons (Fsp3) is 0.0556. The molecule has 0 aliphatic carbocycles. The Morgan fingerprint density at radius 2 is 2.08 bits per heavy atom. The molecule has 6 nitrogen and oxygen atoms in total. The first-order valence-corrected chi connectivity index (χ1v) is 8.45. The van der Waals surface area contributed by atoms with Crippen molar-refractivity contribution in [3.05, 3.63) is 65.9 Å². The molecule has 0 bridgehead atoms. The van der Waals surface area contributed by atoms with Crippen LogP contribution in [0.5, 0.6) is 5.88 Å². The van der Waals surface area contributed by atoms with Crippen LogP contribution < -0.4 is 10.1 Å². The second kappa shape index (κ2) is 6.37. The highest BCUT2D eigenvalue weighted by atomic mass is 32.1. The van der Waals surface area contributed by atoms with Crippen molar-refractivity contribution in [2.75, 3.05) is 12.4 Å². The Labute approximate surface area is 147 Å². The number of nitrogens with zero attached hydrogens (tertiary/aromatic N) is 3. The maximum absolute atomic E-state index is 12.4. The minimum absolute atomic E-state index is 0.264. The van der Waals surface area contributed by atoms with Crippen LogP contribution >= 0.6 is 11.3 Å². The number of carbonyl (C=O) groups is 1. The molecule has 0 aliphatic rings. The van der Waals surface area contributed by atoms with Crippen LogP contribution in [-0.2, 0) is 0 Å². The molecule has 7 heteroatoms. The van der Waals surface area contributed by atoms with Gasteiger partial charge in [0.05, 0.1) is 12.8 Å². The summed E-state index contributed by atoms with van der Waals surface area (Å²) in [5, 5.41) is 4.85. The van der Waals surface area contributed by atoms with E-state index in [2.05, 4.69) is 15.3 Å². The van der Waals surface area contributed by atoms with Gasteiger partial charge in [-0.2, -0.15) is 0 Å². The van der Waals surface area contributed by atoms with Crippen LogP contribution in [0.3, 0.4) is 0 Å². The highest BCUT2D eigenvalue weighted by Crippen LogP contribution is 2.23. The van der Waals surface area contributed by atoms with Crippen LogP contribution in [0.4, 0.5) is 5.69 Å². The van der Waals surface area contributed by atoms with Gasteiger partial charge in [-0.25, -0.2) is 9.97 Å². The van der Waals surface area contributed by atoms with Gasteiger partial charge in [-0.1, -0.05) is 12.1 Å². The molecule has 1 amide bonds. The van der Waals surface area contributed by atoms with Crippen LogP contribution in [0.2, 0.25) is 0 Å². The van der Waals surface area contributed by atoms with E-state index in [4.69, 9.17) is 4.74 Å². The van der Waals surface area contributed by atoms with Crippen molar-refractivity contribution in [1.82, 2.24) is 14.4 Å². The number of pyridine rings is 1. The van der Waals surface area contributed by atoms with Gasteiger partial charge in [0, 0.05) is 35.2 Å². The quantitative estimate of drug-likeness (QED) is 0.609. The molecule has 0 saturated heterocycles. The summed E-state index contributed by atoms with van der Waals surface area (Å²) in [5.41, 5.74) is 2.98. The third-order valence-electron chi connectivity index (χ3n) is 3.74. The first-order chi connectivity index (χ1) is 12.2. The Bertz CT molecular complexity index is 1010. The first kappa shape index (κ1) is 15.3. The number of thiazole rings is 1. The molecule has 25 heavy (non-hydrogen) atoms. The average molecular weight is 350 g/mol. The SMILES string of the molecule is COc1ncccc1C(=O)Nc1ccc(-c2cn3ccsc3n2)cc1. The molecule has 0 fully saturated rings. The Morgan fingerprint density at radius 3 is 2.84 bits per heavy atom. The molecule has 0 radical (unpaired) electrons. The van der Waals surface area contributed by atoms with E-state index < -0.39 is 0 Å². The van der Waals surface area contributed by atoms with E-state index in [-0.39, 0.29) is 5.91 Å². The lowest BCUT2D eigenvalue weighted by Gasteiger charge is -2.08. The molecular weight excluding hydrogens is 336 g/mol. The van der Waals surface area contributed by atoms with Gasteiger partial charge >= 0.3 is 0 Å². The summed E-state index contributed by atoms with van der Waals surface area (Å²) in [6.07, 6.45) is 5.55. The van der Waals surface area contributed by atoms with Gasteiger partial charge in [0.25, 0.3) is 5.91 Å². The molecular formula is C18H14N4O2S. The molecule has 0 unspecified atom stereocenters. The summed E-state index contributed by atoms with van der Waals surface area (Å²) in [6.45, 7) is 0. The van der Waals surface area contributed by atoms with E-state index in [0.29, 0.717) is 17.1 Å². The number of rotatable bonds is 4. The number of imidazole rings is 1. The highest BCUT2D eigenvalue weighted by Gasteiger charge is 2.13. The minimum atomic E-state index is -0.264. The van der Waals surface area contributed by atoms with Crippen LogP contribution in [0.15, 0.2) is 60.4 Å². The molecule has 4 rings (SSSR count). The van der Waals surface area contributed by atoms with Crippen molar-refractivity contribution in [2.45, 2.75) is 0 Å². The molecule has 0 atom stereocenters. The summed E-state index contributed by atoms with van der Waals surface area (Å²) in [6, 6.07) is 10.9. The van der Waals surface area contributed by atoms with Crippen molar-refractivity contribution in [1.29, 1.82) is 0 Å². The molecule has 4 aromatic rings. The molecule has 0 saturated carbocycles. The molecule has 0 aliphatic heterocycles. The van der Waals surface area contributed by atoms with Crippen molar-refractivity contribution >= 4 is 27.9 Å². The number of benzene rings is 1. The van der Waals surface area contributed by atoms with Crippen molar-refractivity contribution < 1.29 is 9.53 Å². The van der Waals surface area contributed by atoms with Crippen LogP contribution in [-0.4, -0.2) is 27.4 Å². The molecule has 3 heterocycles. The highest BCUT2D eigenvalue weighted by molar-refractivity contribution is 7.15. The number of aromatic nitrogens is 3. The van der Waals surface area contributed by atoms with Crippen LogP contribution in [0.1, 0.15) is 10.4 Å². The number of hydrogen-bond donors (Lipinski definition) is 1. The van der Waals surface area contributed by atoms with E-state index in [1.54, 1.807) is 29.7 Å². The molecule has 3 aromatic heterocycles. The standard InChI is InChI=1S/C18H14N4O2S/c1-24-17-14(3-2-8-19-17)16(23)20-13-6-4-12(5-7-13)15-11-22-9-10-25-18(22)21-15/h2-11H,1H3,(H,20,23). The zero-order chi connectivity index (χ0) is 17.2. The maximum atomic E-state index is 12.4. The minimum Gasteiger partial charge on any atom is -0.480 e. The lowest BCUT2D eigenvalue weighted by atomic mass is 10.1. The predicted molar refractivity (Wildman–Crippen MR) is 97.2 cm³/mol. The van der Waals surface area contributed by atoms with Gasteiger partial charge in [0.2, 0.25) is 5.88 Å². The Kier molecular flexibility index (Phi) is 3.91. The number of amides is 1. The Balaban J connectivity index is 1.54. The summed E-state index contributed by atoms with van der Waals surface area (Å²) < 4.78 is 7.11. The molecule has 124 valence electrons. The Morgan fingerprint density at radius 1 is 1.24 bits per heavy atom. The fourth-order valence-electron chi connectivity index (χ4n) is 2.52. The third-order valence-corrected chi connectivity index (χ3v) is 4.51. The van der Waals surface area contributed by atoms with E-state index in [0.717, 1.165) is 16.2 Å². The lowest BCUT2D eigenvalue weighted by molar-refractivity contribution is 0.102. The number of anilines is 1. The number of ether oxygens (including phenoxy) is 1. The normalized spacial score (nSPS) is 10.8.